The van der Waals surface area contributed by atoms with Crippen molar-refractivity contribution in [2.24, 2.45) is 0 Å². The van der Waals surface area contributed by atoms with Gasteiger partial charge in [-0.05, 0) is 41.8 Å². The van der Waals surface area contributed by atoms with Gasteiger partial charge in [0.25, 0.3) is 0 Å². The van der Waals surface area contributed by atoms with E-state index in [0.717, 1.165) is 24.8 Å². The fourth-order valence-electron chi connectivity index (χ4n) is 2.63. The molecule has 0 spiro atoms. The number of hydrogen-bond acceptors (Lipinski definition) is 4. The van der Waals surface area contributed by atoms with E-state index in [0.29, 0.717) is 21.6 Å². The Kier molecular flexibility index (Phi) is 4.74. The van der Waals surface area contributed by atoms with E-state index in [9.17, 15) is 0 Å². The summed E-state index contributed by atoms with van der Waals surface area (Å²) in [6.07, 6.45) is 2.82. The Morgan fingerprint density at radius 1 is 1.14 bits per heavy atom. The predicted molar refractivity (Wildman–Crippen MR) is 86.5 cm³/mol. The summed E-state index contributed by atoms with van der Waals surface area (Å²) in [4.78, 5) is 0. The van der Waals surface area contributed by atoms with Crippen molar-refractivity contribution in [1.29, 1.82) is 0 Å². The summed E-state index contributed by atoms with van der Waals surface area (Å²) in [5.41, 5.74) is 6.97. The molecular formula is C14H19Cl2N5. The minimum Gasteiger partial charge on any atom is -0.397 e. The fourth-order valence-corrected chi connectivity index (χ4v) is 2.96. The number of tetrazole rings is 1. The van der Waals surface area contributed by atoms with Crippen molar-refractivity contribution in [1.82, 2.24) is 20.2 Å². The van der Waals surface area contributed by atoms with Gasteiger partial charge in [-0.2, -0.15) is 0 Å². The zero-order chi connectivity index (χ0) is 15.6. The number of benzene rings is 1. The second kappa shape index (κ2) is 6.20. The first-order valence-corrected chi connectivity index (χ1v) is 7.78. The quantitative estimate of drug-likeness (QED) is 0.837. The van der Waals surface area contributed by atoms with Crippen LogP contribution in [0.3, 0.4) is 0 Å². The van der Waals surface area contributed by atoms with Gasteiger partial charge in [-0.25, -0.2) is 4.68 Å². The van der Waals surface area contributed by atoms with Gasteiger partial charge in [0.05, 0.1) is 21.3 Å². The Labute approximate surface area is 134 Å². The van der Waals surface area contributed by atoms with Gasteiger partial charge >= 0.3 is 0 Å². The molecule has 0 aliphatic carbocycles. The number of nitrogens with zero attached hydrogens (tertiary/aromatic N) is 4. The van der Waals surface area contributed by atoms with E-state index in [1.54, 1.807) is 12.1 Å². The van der Waals surface area contributed by atoms with E-state index in [4.69, 9.17) is 28.9 Å². The molecule has 0 radical (unpaired) electrons. The first-order valence-electron chi connectivity index (χ1n) is 7.02. The summed E-state index contributed by atoms with van der Waals surface area (Å²) in [6.45, 7) is 6.42. The van der Waals surface area contributed by atoms with Crippen LogP contribution in [0.4, 0.5) is 5.69 Å². The highest BCUT2D eigenvalue weighted by Gasteiger charge is 2.31. The highest BCUT2D eigenvalue weighted by atomic mass is 35.5. The largest absolute Gasteiger partial charge is 0.397 e. The number of aromatic nitrogens is 4. The molecule has 114 valence electrons. The Morgan fingerprint density at radius 3 is 2.29 bits per heavy atom. The van der Waals surface area contributed by atoms with Crippen molar-refractivity contribution in [3.05, 3.63) is 22.2 Å². The van der Waals surface area contributed by atoms with Crippen molar-refractivity contribution >= 4 is 28.9 Å². The van der Waals surface area contributed by atoms with Crippen LogP contribution in [0.2, 0.25) is 10.0 Å². The predicted octanol–water partition coefficient (Wildman–Crippen LogP) is 4.15. The lowest BCUT2D eigenvalue weighted by molar-refractivity contribution is 0.223. The van der Waals surface area contributed by atoms with E-state index >= 15 is 0 Å². The average Bonchev–Trinajstić information content (AvgIpc) is 2.97. The van der Waals surface area contributed by atoms with Crippen LogP contribution in [0.25, 0.3) is 11.4 Å². The van der Waals surface area contributed by atoms with Gasteiger partial charge in [0.2, 0.25) is 0 Å². The van der Waals surface area contributed by atoms with Gasteiger partial charge in [0.15, 0.2) is 5.82 Å². The normalized spacial score (nSPS) is 11.9. The summed E-state index contributed by atoms with van der Waals surface area (Å²) in [7, 11) is 0. The van der Waals surface area contributed by atoms with Gasteiger partial charge in [-0.1, -0.05) is 44.0 Å². The molecule has 1 aromatic heterocycles. The van der Waals surface area contributed by atoms with Gasteiger partial charge in [-0.3, -0.25) is 0 Å². The van der Waals surface area contributed by atoms with Gasteiger partial charge < -0.3 is 5.73 Å². The Hall–Kier alpha value is -1.33. The summed E-state index contributed by atoms with van der Waals surface area (Å²) < 4.78 is 1.88. The molecule has 7 heteroatoms. The summed E-state index contributed by atoms with van der Waals surface area (Å²) >= 11 is 12.1. The molecule has 0 aliphatic rings. The fraction of sp³-hybridized carbons (Fsp3) is 0.500. The lowest BCUT2D eigenvalue weighted by Crippen LogP contribution is -2.33. The molecule has 21 heavy (non-hydrogen) atoms. The molecule has 0 saturated carbocycles. The van der Waals surface area contributed by atoms with E-state index in [2.05, 4.69) is 36.3 Å². The third-order valence-electron chi connectivity index (χ3n) is 4.21. The summed E-state index contributed by atoms with van der Waals surface area (Å²) in [5, 5.41) is 12.9. The molecule has 1 aromatic carbocycles. The standard InChI is InChI=1S/C14H19Cl2N5/c1-4-14(5-2,6-3)21-13(18-19-20-21)9-7-10(15)12(16)11(17)8-9/h7-8H,4-6,17H2,1-3H3. The molecule has 0 amide bonds. The third kappa shape index (κ3) is 2.72. The van der Waals surface area contributed by atoms with Crippen LogP contribution >= 0.6 is 23.2 Å². The number of hydrogen-bond donors (Lipinski definition) is 1. The van der Waals surface area contributed by atoms with Crippen molar-refractivity contribution in [2.45, 2.75) is 45.6 Å². The molecular weight excluding hydrogens is 309 g/mol. The molecule has 0 aliphatic heterocycles. The monoisotopic (exact) mass is 327 g/mol. The first kappa shape index (κ1) is 16.0. The number of halogens is 2. The van der Waals surface area contributed by atoms with Crippen LogP contribution in [-0.4, -0.2) is 20.2 Å². The van der Waals surface area contributed by atoms with Crippen LogP contribution in [0.1, 0.15) is 40.0 Å². The highest BCUT2D eigenvalue weighted by Crippen LogP contribution is 2.36. The zero-order valence-electron chi connectivity index (χ0n) is 12.4. The minimum absolute atomic E-state index is 0.111. The SMILES string of the molecule is CCC(CC)(CC)n1nnnc1-c1cc(N)c(Cl)c(Cl)c1. The maximum Gasteiger partial charge on any atom is 0.182 e. The second-order valence-corrected chi connectivity index (χ2v) is 5.85. The van der Waals surface area contributed by atoms with Crippen molar-refractivity contribution in [3.8, 4) is 11.4 Å². The molecule has 0 unspecified atom stereocenters. The third-order valence-corrected chi connectivity index (χ3v) is 5.02. The Bertz CT molecular complexity index is 603. The van der Waals surface area contributed by atoms with E-state index in [-0.39, 0.29) is 5.54 Å². The molecule has 2 aromatic rings. The van der Waals surface area contributed by atoms with Gasteiger partial charge in [0.1, 0.15) is 0 Å². The number of nitrogen functional groups attached to an aromatic ring is 1. The van der Waals surface area contributed by atoms with Crippen molar-refractivity contribution < 1.29 is 0 Å². The van der Waals surface area contributed by atoms with Crippen LogP contribution in [0.15, 0.2) is 12.1 Å². The molecule has 1 heterocycles. The summed E-state index contributed by atoms with van der Waals surface area (Å²) in [5.74, 6) is 0.658. The maximum atomic E-state index is 6.11. The minimum atomic E-state index is -0.111. The lowest BCUT2D eigenvalue weighted by Gasteiger charge is -2.31. The van der Waals surface area contributed by atoms with Gasteiger partial charge in [-0.15, -0.1) is 5.10 Å². The van der Waals surface area contributed by atoms with Gasteiger partial charge in [0, 0.05) is 5.56 Å². The topological polar surface area (TPSA) is 69.6 Å². The molecule has 0 saturated heterocycles. The van der Waals surface area contributed by atoms with E-state index in [1.165, 1.54) is 0 Å². The first-order chi connectivity index (χ1) is 9.99. The van der Waals surface area contributed by atoms with Crippen LogP contribution < -0.4 is 5.73 Å². The zero-order valence-corrected chi connectivity index (χ0v) is 13.9. The maximum absolute atomic E-state index is 6.11. The highest BCUT2D eigenvalue weighted by molar-refractivity contribution is 6.43. The number of nitrogens with two attached hydrogens (primary N) is 1. The van der Waals surface area contributed by atoms with Crippen molar-refractivity contribution in [3.63, 3.8) is 0 Å². The van der Waals surface area contributed by atoms with E-state index in [1.807, 2.05) is 4.68 Å². The molecule has 5 nitrogen and oxygen atoms in total. The smallest absolute Gasteiger partial charge is 0.182 e. The lowest BCUT2D eigenvalue weighted by atomic mass is 9.89. The molecule has 2 N–H and O–H groups in total. The van der Waals surface area contributed by atoms with Crippen molar-refractivity contribution in [2.75, 3.05) is 5.73 Å². The molecule has 0 atom stereocenters. The Balaban J connectivity index is 2.60. The van der Waals surface area contributed by atoms with E-state index < -0.39 is 0 Å². The number of rotatable bonds is 5. The average molecular weight is 328 g/mol. The molecule has 0 fully saturated rings. The van der Waals surface area contributed by atoms with Crippen LogP contribution in [0, 0.1) is 0 Å². The Morgan fingerprint density at radius 2 is 1.76 bits per heavy atom. The number of anilines is 1. The van der Waals surface area contributed by atoms with Crippen LogP contribution in [-0.2, 0) is 5.54 Å². The molecule has 0 bridgehead atoms. The summed E-state index contributed by atoms with van der Waals surface area (Å²) in [6, 6.07) is 3.50. The molecule has 2 rings (SSSR count). The second-order valence-electron chi connectivity index (χ2n) is 5.06. The van der Waals surface area contributed by atoms with Crippen LogP contribution in [0.5, 0.6) is 0 Å².